The van der Waals surface area contributed by atoms with Crippen molar-refractivity contribution in [3.05, 3.63) is 34.7 Å². The molecule has 0 saturated carbocycles. The van der Waals surface area contributed by atoms with E-state index in [1.807, 2.05) is 6.92 Å². The monoisotopic (exact) mass is 343 g/mol. The van der Waals surface area contributed by atoms with Gasteiger partial charge in [-0.05, 0) is 25.1 Å². The Kier molecular flexibility index (Phi) is 4.34. The van der Waals surface area contributed by atoms with E-state index in [-0.39, 0.29) is 10.9 Å². The maximum atomic E-state index is 11.6. The van der Waals surface area contributed by atoms with Crippen LogP contribution in [0.5, 0.6) is 0 Å². The van der Waals surface area contributed by atoms with Gasteiger partial charge in [-0.3, -0.25) is 10.3 Å². The molecule has 3 aromatic heterocycles. The molecular weight excluding hydrogens is 330 g/mol. The number of fused-ring (bicyclic) bond motifs is 1. The number of pyridine rings is 1. The van der Waals surface area contributed by atoms with Gasteiger partial charge in [0.2, 0.25) is 0 Å². The molecule has 122 valence electrons. The number of hydrogen-bond acceptors (Lipinski definition) is 6. The summed E-state index contributed by atoms with van der Waals surface area (Å²) in [5.74, 6) is -0.622. The average Bonchev–Trinajstić information content (AvgIpc) is 3.04. The van der Waals surface area contributed by atoms with E-state index in [2.05, 4.69) is 25.6 Å². The lowest BCUT2D eigenvalue weighted by Crippen LogP contribution is -2.28. The summed E-state index contributed by atoms with van der Waals surface area (Å²) in [6.07, 6.45) is 1.56. The second-order valence-electron chi connectivity index (χ2n) is 4.78. The van der Waals surface area contributed by atoms with Gasteiger partial charge < -0.3 is 10.4 Å². The number of carbonyl (C=O) groups is 2. The summed E-state index contributed by atoms with van der Waals surface area (Å²) in [7, 11) is 0. The van der Waals surface area contributed by atoms with Crippen LogP contribution in [-0.4, -0.2) is 38.6 Å². The first kappa shape index (κ1) is 15.8. The van der Waals surface area contributed by atoms with E-state index < -0.39 is 5.97 Å². The van der Waals surface area contributed by atoms with Gasteiger partial charge in [-0.25, -0.2) is 19.6 Å². The van der Waals surface area contributed by atoms with E-state index >= 15 is 0 Å². The second-order valence-corrected chi connectivity index (χ2v) is 5.69. The summed E-state index contributed by atoms with van der Waals surface area (Å²) in [6, 6.07) is 4.53. The van der Waals surface area contributed by atoms with Crippen molar-refractivity contribution in [1.82, 2.24) is 20.3 Å². The fraction of sp³-hybridized carbons (Fsp3) is 0.133. The number of carboxylic acid groups (broad SMARTS) is 1. The van der Waals surface area contributed by atoms with Crippen LogP contribution in [0, 0.1) is 0 Å². The number of aromatic carboxylic acids is 1. The molecule has 3 N–H and O–H groups in total. The first-order valence-electron chi connectivity index (χ1n) is 7.07. The molecule has 0 spiro atoms. The minimum atomic E-state index is -0.980. The zero-order valence-electron chi connectivity index (χ0n) is 12.6. The largest absolute Gasteiger partial charge is 0.477 e. The number of hydrogen-bond donors (Lipinski definition) is 3. The molecule has 0 aromatic carbocycles. The van der Waals surface area contributed by atoms with Gasteiger partial charge in [-0.1, -0.05) is 0 Å². The number of urea groups is 1. The molecule has 0 fully saturated rings. The standard InChI is InChI=1S/C15H13N5O3S/c1-2-16-15(23)20-12-4-3-9-13(19-12)18-10(6-17-9)8-5-11(14(21)22)24-7-8/h3-7H,2H2,1H3,(H,21,22)(H2,16,18,19,20,23). The van der Waals surface area contributed by atoms with Crippen molar-refractivity contribution in [3.63, 3.8) is 0 Å². The summed E-state index contributed by atoms with van der Waals surface area (Å²) < 4.78 is 0. The summed E-state index contributed by atoms with van der Waals surface area (Å²) in [5.41, 5.74) is 2.13. The molecule has 3 heterocycles. The molecule has 8 nitrogen and oxygen atoms in total. The average molecular weight is 343 g/mol. The highest BCUT2D eigenvalue weighted by Crippen LogP contribution is 2.25. The Hall–Kier alpha value is -3.07. The second kappa shape index (κ2) is 6.59. The number of nitrogens with one attached hydrogen (secondary N) is 2. The number of carboxylic acids is 1. The molecule has 0 bridgehead atoms. The number of rotatable bonds is 4. The van der Waals surface area contributed by atoms with Gasteiger partial charge in [0, 0.05) is 17.5 Å². The highest BCUT2D eigenvalue weighted by Gasteiger charge is 2.11. The van der Waals surface area contributed by atoms with E-state index in [1.165, 1.54) is 0 Å². The van der Waals surface area contributed by atoms with Crippen LogP contribution in [0.15, 0.2) is 29.8 Å². The summed E-state index contributed by atoms with van der Waals surface area (Å²) in [5, 5.41) is 15.9. The van der Waals surface area contributed by atoms with Crippen molar-refractivity contribution in [2.75, 3.05) is 11.9 Å². The van der Waals surface area contributed by atoms with Crippen molar-refractivity contribution < 1.29 is 14.7 Å². The molecule has 2 amide bonds. The van der Waals surface area contributed by atoms with Crippen LogP contribution in [0.2, 0.25) is 0 Å². The van der Waals surface area contributed by atoms with Gasteiger partial charge in [-0.15, -0.1) is 11.3 Å². The number of aromatic nitrogens is 3. The number of thiophene rings is 1. The molecule has 0 aliphatic carbocycles. The first-order valence-corrected chi connectivity index (χ1v) is 7.95. The molecule has 3 rings (SSSR count). The lowest BCUT2D eigenvalue weighted by Gasteiger charge is -2.06. The zero-order valence-corrected chi connectivity index (χ0v) is 13.4. The highest BCUT2D eigenvalue weighted by atomic mass is 32.1. The summed E-state index contributed by atoms with van der Waals surface area (Å²) in [4.78, 5) is 35.7. The van der Waals surface area contributed by atoms with E-state index in [4.69, 9.17) is 5.11 Å². The number of carbonyl (C=O) groups excluding carboxylic acids is 1. The van der Waals surface area contributed by atoms with E-state index in [9.17, 15) is 9.59 Å². The Morgan fingerprint density at radius 3 is 2.83 bits per heavy atom. The Bertz CT molecular complexity index is 924. The Balaban J connectivity index is 1.93. The van der Waals surface area contributed by atoms with Crippen LogP contribution in [0.25, 0.3) is 22.4 Å². The van der Waals surface area contributed by atoms with Crippen LogP contribution in [0.3, 0.4) is 0 Å². The summed E-state index contributed by atoms with van der Waals surface area (Å²) in [6.45, 7) is 2.32. The third-order valence-corrected chi connectivity index (χ3v) is 4.01. The number of amides is 2. The maximum Gasteiger partial charge on any atom is 0.345 e. The van der Waals surface area contributed by atoms with Crippen LogP contribution < -0.4 is 10.6 Å². The van der Waals surface area contributed by atoms with Crippen molar-refractivity contribution in [1.29, 1.82) is 0 Å². The predicted octanol–water partition coefficient (Wildman–Crippen LogP) is 2.59. The number of anilines is 1. The van der Waals surface area contributed by atoms with E-state index in [0.717, 1.165) is 11.3 Å². The molecule has 0 radical (unpaired) electrons. The van der Waals surface area contributed by atoms with Gasteiger partial charge in [0.05, 0.1) is 11.9 Å². The molecule has 0 unspecified atom stereocenters. The third-order valence-electron chi connectivity index (χ3n) is 3.09. The smallest absolute Gasteiger partial charge is 0.345 e. The fourth-order valence-electron chi connectivity index (χ4n) is 2.01. The molecule has 0 saturated heterocycles. The molecular formula is C15H13N5O3S. The van der Waals surface area contributed by atoms with Gasteiger partial charge in [0.25, 0.3) is 0 Å². The van der Waals surface area contributed by atoms with E-state index in [0.29, 0.717) is 34.8 Å². The van der Waals surface area contributed by atoms with Crippen molar-refractivity contribution >= 4 is 40.3 Å². The number of nitrogens with zero attached hydrogens (tertiary/aromatic N) is 3. The Labute approximate surface area is 140 Å². The molecule has 0 aliphatic rings. The van der Waals surface area contributed by atoms with Crippen molar-refractivity contribution in [2.45, 2.75) is 6.92 Å². The summed E-state index contributed by atoms with van der Waals surface area (Å²) >= 11 is 1.12. The lowest BCUT2D eigenvalue weighted by atomic mass is 10.2. The van der Waals surface area contributed by atoms with Crippen LogP contribution >= 0.6 is 11.3 Å². The van der Waals surface area contributed by atoms with Gasteiger partial charge >= 0.3 is 12.0 Å². The minimum absolute atomic E-state index is 0.228. The van der Waals surface area contributed by atoms with Crippen LogP contribution in [0.1, 0.15) is 16.6 Å². The van der Waals surface area contributed by atoms with Crippen LogP contribution in [0.4, 0.5) is 10.6 Å². The predicted molar refractivity (Wildman–Crippen MR) is 90.3 cm³/mol. The third kappa shape index (κ3) is 3.30. The van der Waals surface area contributed by atoms with Crippen molar-refractivity contribution in [3.8, 4) is 11.3 Å². The molecule has 0 aliphatic heterocycles. The minimum Gasteiger partial charge on any atom is -0.477 e. The van der Waals surface area contributed by atoms with Gasteiger partial charge in [0.15, 0.2) is 5.65 Å². The molecule has 0 atom stereocenters. The van der Waals surface area contributed by atoms with Gasteiger partial charge in [0.1, 0.15) is 16.2 Å². The Morgan fingerprint density at radius 1 is 1.29 bits per heavy atom. The van der Waals surface area contributed by atoms with Gasteiger partial charge in [-0.2, -0.15) is 0 Å². The normalized spacial score (nSPS) is 10.5. The zero-order chi connectivity index (χ0) is 17.1. The topological polar surface area (TPSA) is 117 Å². The first-order chi connectivity index (χ1) is 11.6. The SMILES string of the molecule is CCNC(=O)Nc1ccc2ncc(-c3csc(C(=O)O)c3)nc2n1. The molecule has 3 aromatic rings. The lowest BCUT2D eigenvalue weighted by molar-refractivity contribution is 0.0702. The fourth-order valence-corrected chi connectivity index (χ4v) is 2.75. The molecule has 9 heteroatoms. The highest BCUT2D eigenvalue weighted by molar-refractivity contribution is 7.12. The van der Waals surface area contributed by atoms with E-state index in [1.54, 1.807) is 29.8 Å². The van der Waals surface area contributed by atoms with Crippen molar-refractivity contribution in [2.24, 2.45) is 0 Å². The quantitative estimate of drug-likeness (QED) is 0.670. The molecule has 24 heavy (non-hydrogen) atoms. The maximum absolute atomic E-state index is 11.6. The van der Waals surface area contributed by atoms with Crippen LogP contribution in [-0.2, 0) is 0 Å². The Morgan fingerprint density at radius 2 is 2.12 bits per heavy atom.